The minimum Gasteiger partial charge on any atom is -0.378 e. The summed E-state index contributed by atoms with van der Waals surface area (Å²) < 4.78 is 0. The third-order valence-electron chi connectivity index (χ3n) is 2.96. The number of nitrogens with one attached hydrogen (secondary N) is 1. The molecule has 0 unspecified atom stereocenters. The number of nitrogens with zero attached hydrogens (tertiary/aromatic N) is 2. The molecule has 4 nitrogen and oxygen atoms in total. The minimum absolute atomic E-state index is 0.0925. The first-order valence-corrected chi connectivity index (χ1v) is 6.48. The Morgan fingerprint density at radius 3 is 2.47 bits per heavy atom. The third kappa shape index (κ3) is 3.22. The van der Waals surface area contributed by atoms with Gasteiger partial charge in [0, 0.05) is 37.8 Å². The number of aryl methyl sites for hydroxylation is 1. The van der Waals surface area contributed by atoms with Gasteiger partial charge < -0.3 is 9.88 Å². The summed E-state index contributed by atoms with van der Waals surface area (Å²) in [5.74, 6) is 0.752. The van der Waals surface area contributed by atoms with E-state index in [0.717, 1.165) is 35.6 Å². The summed E-state index contributed by atoms with van der Waals surface area (Å²) in [5.41, 5.74) is 2.74. The van der Waals surface area contributed by atoms with Crippen molar-refractivity contribution >= 4 is 5.69 Å². The molecule has 0 fully saturated rings. The van der Waals surface area contributed by atoms with Crippen molar-refractivity contribution in [3.63, 3.8) is 0 Å². The zero-order valence-corrected chi connectivity index (χ0v) is 11.6. The highest BCUT2D eigenvalue weighted by Gasteiger charge is 2.04. The molecular weight excluding hydrogens is 238 g/mol. The van der Waals surface area contributed by atoms with Crippen LogP contribution in [0.5, 0.6) is 0 Å². The van der Waals surface area contributed by atoms with Gasteiger partial charge in [0.05, 0.1) is 5.69 Å². The number of rotatable bonds is 4. The highest BCUT2D eigenvalue weighted by Crippen LogP contribution is 2.19. The molecular formula is C15H19N3O. The summed E-state index contributed by atoms with van der Waals surface area (Å²) in [6.07, 6.45) is 1.75. The van der Waals surface area contributed by atoms with E-state index in [-0.39, 0.29) is 5.56 Å². The summed E-state index contributed by atoms with van der Waals surface area (Å²) in [4.78, 5) is 20.9. The summed E-state index contributed by atoms with van der Waals surface area (Å²) >= 11 is 0. The zero-order chi connectivity index (χ0) is 13.8. The second-order valence-corrected chi connectivity index (χ2v) is 4.77. The molecule has 0 bridgehead atoms. The van der Waals surface area contributed by atoms with E-state index in [9.17, 15) is 4.79 Å². The van der Waals surface area contributed by atoms with Crippen LogP contribution in [0, 0.1) is 0 Å². The van der Waals surface area contributed by atoms with E-state index in [2.05, 4.69) is 16.9 Å². The van der Waals surface area contributed by atoms with Crippen molar-refractivity contribution in [2.75, 3.05) is 19.0 Å². The second kappa shape index (κ2) is 5.69. The van der Waals surface area contributed by atoms with Gasteiger partial charge in [-0.3, -0.25) is 4.79 Å². The van der Waals surface area contributed by atoms with E-state index < -0.39 is 0 Å². The first kappa shape index (κ1) is 13.3. The molecule has 2 rings (SSSR count). The van der Waals surface area contributed by atoms with Crippen molar-refractivity contribution in [2.24, 2.45) is 0 Å². The molecule has 0 spiro atoms. The van der Waals surface area contributed by atoms with Crippen molar-refractivity contribution in [3.05, 3.63) is 46.5 Å². The van der Waals surface area contributed by atoms with Crippen molar-refractivity contribution in [2.45, 2.75) is 19.8 Å². The molecule has 1 aromatic heterocycles. The Kier molecular flexibility index (Phi) is 4.00. The van der Waals surface area contributed by atoms with E-state index in [0.29, 0.717) is 0 Å². The van der Waals surface area contributed by atoms with Crippen LogP contribution in [0.4, 0.5) is 5.69 Å². The van der Waals surface area contributed by atoms with Gasteiger partial charge >= 0.3 is 0 Å². The molecule has 0 saturated heterocycles. The number of benzene rings is 1. The first-order chi connectivity index (χ1) is 9.10. The van der Waals surface area contributed by atoms with Crippen LogP contribution in [-0.4, -0.2) is 24.1 Å². The summed E-state index contributed by atoms with van der Waals surface area (Å²) in [5, 5.41) is 0. The lowest BCUT2D eigenvalue weighted by atomic mass is 10.1. The van der Waals surface area contributed by atoms with Crippen molar-refractivity contribution in [1.82, 2.24) is 9.97 Å². The topological polar surface area (TPSA) is 49.0 Å². The minimum atomic E-state index is -0.0925. The predicted octanol–water partition coefficient (Wildman–Crippen LogP) is 2.46. The maximum absolute atomic E-state index is 11.6. The third-order valence-corrected chi connectivity index (χ3v) is 2.96. The summed E-state index contributed by atoms with van der Waals surface area (Å²) in [6, 6.07) is 9.58. The zero-order valence-electron chi connectivity index (χ0n) is 11.6. The lowest BCUT2D eigenvalue weighted by molar-refractivity contribution is 0.828. The number of aromatic amines is 1. The molecule has 100 valence electrons. The summed E-state index contributed by atoms with van der Waals surface area (Å²) in [6.45, 7) is 2.07. The fourth-order valence-electron chi connectivity index (χ4n) is 1.94. The Labute approximate surface area is 113 Å². The average Bonchev–Trinajstić information content (AvgIpc) is 2.38. The van der Waals surface area contributed by atoms with Gasteiger partial charge in [0.2, 0.25) is 0 Å². The molecule has 1 aromatic carbocycles. The van der Waals surface area contributed by atoms with Gasteiger partial charge in [-0.15, -0.1) is 0 Å². The Balaban J connectivity index is 2.38. The van der Waals surface area contributed by atoms with Gasteiger partial charge in [0.1, 0.15) is 5.82 Å². The van der Waals surface area contributed by atoms with E-state index in [1.807, 2.05) is 43.3 Å². The Morgan fingerprint density at radius 1 is 1.21 bits per heavy atom. The largest absolute Gasteiger partial charge is 0.378 e. The van der Waals surface area contributed by atoms with Crippen LogP contribution >= 0.6 is 0 Å². The second-order valence-electron chi connectivity index (χ2n) is 4.77. The predicted molar refractivity (Wildman–Crippen MR) is 78.6 cm³/mol. The van der Waals surface area contributed by atoms with Gasteiger partial charge in [-0.05, 0) is 18.6 Å². The molecule has 0 atom stereocenters. The number of hydrogen-bond acceptors (Lipinski definition) is 3. The van der Waals surface area contributed by atoms with Crippen LogP contribution in [-0.2, 0) is 6.42 Å². The van der Waals surface area contributed by atoms with Crippen molar-refractivity contribution in [1.29, 1.82) is 0 Å². The number of anilines is 1. The maximum Gasteiger partial charge on any atom is 0.251 e. The smallest absolute Gasteiger partial charge is 0.251 e. The number of hydrogen-bond donors (Lipinski definition) is 1. The van der Waals surface area contributed by atoms with Gasteiger partial charge in [-0.2, -0.15) is 0 Å². The highest BCUT2D eigenvalue weighted by molar-refractivity contribution is 5.62. The molecule has 0 radical (unpaired) electrons. The highest BCUT2D eigenvalue weighted by atomic mass is 16.1. The Morgan fingerprint density at radius 2 is 1.89 bits per heavy atom. The van der Waals surface area contributed by atoms with E-state index in [4.69, 9.17) is 0 Å². The molecule has 4 heteroatoms. The monoisotopic (exact) mass is 257 g/mol. The van der Waals surface area contributed by atoms with E-state index in [1.165, 1.54) is 0 Å². The first-order valence-electron chi connectivity index (χ1n) is 6.48. The van der Waals surface area contributed by atoms with Crippen LogP contribution < -0.4 is 10.5 Å². The Hall–Kier alpha value is -2.10. The SMILES string of the molecule is CCCc1nc(-c2ccc(N(C)C)cc2)cc(=O)[nH]1. The standard InChI is InChI=1S/C15H19N3O/c1-4-5-14-16-13(10-15(19)17-14)11-6-8-12(9-7-11)18(2)3/h6-10H,4-5H2,1-3H3,(H,16,17,19). The molecule has 0 aliphatic carbocycles. The molecule has 19 heavy (non-hydrogen) atoms. The molecule has 1 heterocycles. The van der Waals surface area contributed by atoms with Crippen LogP contribution in [0.3, 0.4) is 0 Å². The lowest BCUT2D eigenvalue weighted by Crippen LogP contribution is -2.11. The van der Waals surface area contributed by atoms with Crippen LogP contribution in [0.1, 0.15) is 19.2 Å². The van der Waals surface area contributed by atoms with Gasteiger partial charge in [-0.25, -0.2) is 4.98 Å². The van der Waals surface area contributed by atoms with Crippen molar-refractivity contribution in [3.8, 4) is 11.3 Å². The van der Waals surface area contributed by atoms with Crippen LogP contribution in [0.15, 0.2) is 35.1 Å². The van der Waals surface area contributed by atoms with Gasteiger partial charge in [0.25, 0.3) is 5.56 Å². The Bertz CT molecular complexity index is 600. The average molecular weight is 257 g/mol. The van der Waals surface area contributed by atoms with Crippen LogP contribution in [0.25, 0.3) is 11.3 Å². The molecule has 1 N–H and O–H groups in total. The van der Waals surface area contributed by atoms with Gasteiger partial charge in [-0.1, -0.05) is 19.1 Å². The quantitative estimate of drug-likeness (QED) is 0.915. The number of H-pyrrole nitrogens is 1. The summed E-state index contributed by atoms with van der Waals surface area (Å²) in [7, 11) is 4.00. The van der Waals surface area contributed by atoms with Gasteiger partial charge in [0.15, 0.2) is 0 Å². The lowest BCUT2D eigenvalue weighted by Gasteiger charge is -2.12. The normalized spacial score (nSPS) is 10.5. The van der Waals surface area contributed by atoms with E-state index >= 15 is 0 Å². The van der Waals surface area contributed by atoms with E-state index in [1.54, 1.807) is 6.07 Å². The molecule has 2 aromatic rings. The fraction of sp³-hybridized carbons (Fsp3) is 0.333. The van der Waals surface area contributed by atoms with Crippen LogP contribution in [0.2, 0.25) is 0 Å². The van der Waals surface area contributed by atoms with Crippen molar-refractivity contribution < 1.29 is 0 Å². The molecule has 0 aliphatic rings. The molecule has 0 aliphatic heterocycles. The molecule has 0 saturated carbocycles. The fourth-order valence-corrected chi connectivity index (χ4v) is 1.94. The molecule has 0 amide bonds. The maximum atomic E-state index is 11.6. The number of aromatic nitrogens is 2.